The standard InChI is InChI=1S/C16H21N3/c1-10-7-12-11(2)9-16(3,4)18-15(12)8-13(10)14-5-6-17-19-14/h5-8,11,18H,9H2,1-4H3,(H,17,19)/t11-/m0/s1. The molecule has 0 aliphatic carbocycles. The molecule has 0 saturated carbocycles. The third-order valence-corrected chi connectivity index (χ3v) is 4.01. The van der Waals surface area contributed by atoms with Gasteiger partial charge in [-0.1, -0.05) is 13.0 Å². The smallest absolute Gasteiger partial charge is 0.0653 e. The molecule has 1 aliphatic rings. The van der Waals surface area contributed by atoms with Crippen molar-refractivity contribution < 1.29 is 0 Å². The number of nitrogens with zero attached hydrogens (tertiary/aromatic N) is 1. The maximum atomic E-state index is 4.05. The van der Waals surface area contributed by atoms with Crippen LogP contribution in [0.1, 0.15) is 44.2 Å². The minimum atomic E-state index is 0.160. The lowest BCUT2D eigenvalue weighted by atomic mass is 9.80. The highest BCUT2D eigenvalue weighted by Crippen LogP contribution is 2.41. The average Bonchev–Trinajstić information content (AvgIpc) is 2.82. The molecule has 1 aliphatic heterocycles. The van der Waals surface area contributed by atoms with E-state index in [9.17, 15) is 0 Å². The lowest BCUT2D eigenvalue weighted by molar-refractivity contribution is 0.454. The molecule has 19 heavy (non-hydrogen) atoms. The molecule has 2 aromatic rings. The minimum Gasteiger partial charge on any atom is -0.380 e. The number of benzene rings is 1. The van der Waals surface area contributed by atoms with Crippen molar-refractivity contribution in [3.8, 4) is 11.3 Å². The molecular weight excluding hydrogens is 234 g/mol. The lowest BCUT2D eigenvalue weighted by Crippen LogP contribution is -2.36. The van der Waals surface area contributed by atoms with E-state index >= 15 is 0 Å². The Morgan fingerprint density at radius 3 is 2.79 bits per heavy atom. The Bertz CT molecular complexity index is 597. The summed E-state index contributed by atoms with van der Waals surface area (Å²) < 4.78 is 0. The summed E-state index contributed by atoms with van der Waals surface area (Å²) in [5.74, 6) is 0.598. The second kappa shape index (κ2) is 4.12. The number of H-pyrrole nitrogens is 1. The molecule has 0 amide bonds. The van der Waals surface area contributed by atoms with E-state index in [0.717, 1.165) is 5.69 Å². The van der Waals surface area contributed by atoms with Gasteiger partial charge in [0.05, 0.1) is 5.69 Å². The third-order valence-electron chi connectivity index (χ3n) is 4.01. The number of aryl methyl sites for hydroxylation is 1. The molecule has 1 aromatic carbocycles. The summed E-state index contributed by atoms with van der Waals surface area (Å²) in [6.45, 7) is 9.02. The molecule has 0 radical (unpaired) electrons. The van der Waals surface area contributed by atoms with Crippen molar-refractivity contribution >= 4 is 5.69 Å². The number of aromatic nitrogens is 2. The molecule has 3 rings (SSSR count). The van der Waals surface area contributed by atoms with Gasteiger partial charge in [0.15, 0.2) is 0 Å². The minimum absolute atomic E-state index is 0.160. The van der Waals surface area contributed by atoms with Crippen LogP contribution in [0.2, 0.25) is 0 Å². The summed E-state index contributed by atoms with van der Waals surface area (Å²) in [4.78, 5) is 0. The molecule has 100 valence electrons. The summed E-state index contributed by atoms with van der Waals surface area (Å²) in [5, 5.41) is 10.8. The van der Waals surface area contributed by atoms with Crippen molar-refractivity contribution in [2.45, 2.75) is 45.6 Å². The number of nitrogens with one attached hydrogen (secondary N) is 2. The van der Waals surface area contributed by atoms with Crippen LogP contribution >= 0.6 is 0 Å². The maximum absolute atomic E-state index is 4.05. The average molecular weight is 255 g/mol. The second-order valence-corrected chi connectivity index (χ2v) is 6.34. The molecule has 2 heterocycles. The first-order valence-electron chi connectivity index (χ1n) is 6.89. The summed E-state index contributed by atoms with van der Waals surface area (Å²) in [6, 6.07) is 6.60. The Kier molecular flexibility index (Phi) is 2.66. The van der Waals surface area contributed by atoms with E-state index in [4.69, 9.17) is 0 Å². The molecule has 0 saturated heterocycles. The molecule has 2 N–H and O–H groups in total. The Morgan fingerprint density at radius 2 is 2.11 bits per heavy atom. The first-order chi connectivity index (χ1) is 8.96. The van der Waals surface area contributed by atoms with Gasteiger partial charge in [-0.15, -0.1) is 0 Å². The molecular formula is C16H21N3. The van der Waals surface area contributed by atoms with E-state index in [2.05, 4.69) is 55.3 Å². The van der Waals surface area contributed by atoms with Crippen LogP contribution in [0.25, 0.3) is 11.3 Å². The third kappa shape index (κ3) is 2.14. The molecule has 0 bridgehead atoms. The van der Waals surface area contributed by atoms with E-state index in [0.29, 0.717) is 5.92 Å². The highest BCUT2D eigenvalue weighted by Gasteiger charge is 2.29. The van der Waals surface area contributed by atoms with Crippen LogP contribution in [0, 0.1) is 6.92 Å². The van der Waals surface area contributed by atoms with Crippen LogP contribution < -0.4 is 5.32 Å². The monoisotopic (exact) mass is 255 g/mol. The second-order valence-electron chi connectivity index (χ2n) is 6.34. The zero-order chi connectivity index (χ0) is 13.6. The molecule has 0 fully saturated rings. The van der Waals surface area contributed by atoms with Crippen LogP contribution in [-0.4, -0.2) is 15.7 Å². The predicted molar refractivity (Wildman–Crippen MR) is 79.5 cm³/mol. The fourth-order valence-electron chi connectivity index (χ4n) is 3.23. The van der Waals surface area contributed by atoms with Crippen LogP contribution in [0.3, 0.4) is 0 Å². The molecule has 3 heteroatoms. The van der Waals surface area contributed by atoms with Gasteiger partial charge in [-0.3, -0.25) is 5.10 Å². The van der Waals surface area contributed by atoms with Crippen molar-refractivity contribution in [2.75, 3.05) is 5.32 Å². The number of hydrogen-bond acceptors (Lipinski definition) is 2. The van der Waals surface area contributed by atoms with E-state index in [-0.39, 0.29) is 5.54 Å². The molecule has 0 unspecified atom stereocenters. The number of fused-ring (bicyclic) bond motifs is 1. The van der Waals surface area contributed by atoms with Gasteiger partial charge in [-0.05, 0) is 56.4 Å². The number of aromatic amines is 1. The zero-order valence-corrected chi connectivity index (χ0v) is 12.0. The highest BCUT2D eigenvalue weighted by atomic mass is 15.1. The Labute approximate surface area is 114 Å². The predicted octanol–water partition coefficient (Wildman–Crippen LogP) is 4.08. The topological polar surface area (TPSA) is 40.7 Å². The van der Waals surface area contributed by atoms with Crippen molar-refractivity contribution in [3.05, 3.63) is 35.5 Å². The van der Waals surface area contributed by atoms with Crippen LogP contribution in [-0.2, 0) is 0 Å². The molecule has 0 spiro atoms. The van der Waals surface area contributed by atoms with Crippen molar-refractivity contribution in [1.82, 2.24) is 10.2 Å². The highest BCUT2D eigenvalue weighted by molar-refractivity contribution is 5.72. The van der Waals surface area contributed by atoms with Crippen molar-refractivity contribution in [3.63, 3.8) is 0 Å². The fourth-order valence-corrected chi connectivity index (χ4v) is 3.23. The summed E-state index contributed by atoms with van der Waals surface area (Å²) in [7, 11) is 0. The SMILES string of the molecule is Cc1cc2c(cc1-c1ccn[nH]1)NC(C)(C)C[C@@H]2C. The van der Waals surface area contributed by atoms with Gasteiger partial charge in [-0.2, -0.15) is 5.10 Å². The zero-order valence-electron chi connectivity index (χ0n) is 12.0. The number of hydrogen-bond donors (Lipinski definition) is 2. The Balaban J connectivity index is 2.13. The molecule has 3 nitrogen and oxygen atoms in total. The quantitative estimate of drug-likeness (QED) is 0.806. The Hall–Kier alpha value is -1.77. The van der Waals surface area contributed by atoms with Gasteiger partial charge >= 0.3 is 0 Å². The fraction of sp³-hybridized carbons (Fsp3) is 0.438. The summed E-state index contributed by atoms with van der Waals surface area (Å²) in [5.41, 5.74) is 6.47. The summed E-state index contributed by atoms with van der Waals surface area (Å²) >= 11 is 0. The van der Waals surface area contributed by atoms with Gasteiger partial charge in [0.2, 0.25) is 0 Å². The normalized spacial score (nSPS) is 20.7. The largest absolute Gasteiger partial charge is 0.380 e. The van der Waals surface area contributed by atoms with Gasteiger partial charge < -0.3 is 5.32 Å². The number of anilines is 1. The first kappa shape index (κ1) is 12.3. The van der Waals surface area contributed by atoms with Gasteiger partial charge in [-0.25, -0.2) is 0 Å². The van der Waals surface area contributed by atoms with Crippen molar-refractivity contribution in [1.29, 1.82) is 0 Å². The maximum Gasteiger partial charge on any atom is 0.0653 e. The lowest BCUT2D eigenvalue weighted by Gasteiger charge is -2.38. The Morgan fingerprint density at radius 1 is 1.32 bits per heavy atom. The van der Waals surface area contributed by atoms with Crippen LogP contribution in [0.15, 0.2) is 24.4 Å². The van der Waals surface area contributed by atoms with Gasteiger partial charge in [0.25, 0.3) is 0 Å². The first-order valence-corrected chi connectivity index (χ1v) is 6.89. The van der Waals surface area contributed by atoms with E-state index in [1.54, 1.807) is 6.20 Å². The van der Waals surface area contributed by atoms with E-state index in [1.165, 1.54) is 28.8 Å². The molecule has 1 aromatic heterocycles. The van der Waals surface area contributed by atoms with Crippen LogP contribution in [0.5, 0.6) is 0 Å². The number of rotatable bonds is 1. The van der Waals surface area contributed by atoms with E-state index in [1.807, 2.05) is 6.07 Å². The molecule has 1 atom stereocenters. The van der Waals surface area contributed by atoms with Crippen molar-refractivity contribution in [2.24, 2.45) is 0 Å². The van der Waals surface area contributed by atoms with Gasteiger partial charge in [0, 0.05) is 23.0 Å². The van der Waals surface area contributed by atoms with E-state index < -0.39 is 0 Å². The van der Waals surface area contributed by atoms with Gasteiger partial charge in [0.1, 0.15) is 0 Å². The van der Waals surface area contributed by atoms with Crippen LogP contribution in [0.4, 0.5) is 5.69 Å². The summed E-state index contributed by atoms with van der Waals surface area (Å²) in [6.07, 6.45) is 2.97.